The van der Waals surface area contributed by atoms with Crippen LogP contribution in [0.15, 0.2) is 61.2 Å². The van der Waals surface area contributed by atoms with Gasteiger partial charge in [-0.2, -0.15) is 0 Å². The molecule has 110 valence electrons. The lowest BCUT2D eigenvalue weighted by Crippen LogP contribution is -2.42. The van der Waals surface area contributed by atoms with Crippen LogP contribution in [0.4, 0.5) is 11.4 Å². The minimum atomic E-state index is 0.108. The Morgan fingerprint density at radius 2 is 1.43 bits per heavy atom. The van der Waals surface area contributed by atoms with Crippen LogP contribution in [0.3, 0.4) is 0 Å². The first-order valence-electron chi connectivity index (χ1n) is 7.72. The van der Waals surface area contributed by atoms with E-state index in [1.165, 1.54) is 11.4 Å². The molecule has 0 atom stereocenters. The summed E-state index contributed by atoms with van der Waals surface area (Å²) in [6, 6.07) is 19.3. The molecule has 0 saturated heterocycles. The Morgan fingerprint density at radius 3 is 1.90 bits per heavy atom. The highest BCUT2D eigenvalue weighted by atomic mass is 15.2. The summed E-state index contributed by atoms with van der Waals surface area (Å²) in [4.78, 5) is 2.46. The van der Waals surface area contributed by atoms with Crippen molar-refractivity contribution < 1.29 is 0 Å². The van der Waals surface area contributed by atoms with Crippen molar-refractivity contribution in [3.8, 4) is 0 Å². The van der Waals surface area contributed by atoms with Gasteiger partial charge in [0, 0.05) is 16.9 Å². The van der Waals surface area contributed by atoms with E-state index in [-0.39, 0.29) is 5.54 Å². The van der Waals surface area contributed by atoms with E-state index in [1.807, 2.05) is 6.08 Å². The van der Waals surface area contributed by atoms with E-state index in [2.05, 4.69) is 86.8 Å². The average Bonchev–Trinajstić information content (AvgIpc) is 2.56. The van der Waals surface area contributed by atoms with Gasteiger partial charge in [0.25, 0.3) is 0 Å². The lowest BCUT2D eigenvalue weighted by Gasteiger charge is -2.42. The van der Waals surface area contributed by atoms with Crippen molar-refractivity contribution in [3.05, 3.63) is 66.7 Å². The summed E-state index contributed by atoms with van der Waals surface area (Å²) < 4.78 is 0. The van der Waals surface area contributed by atoms with E-state index in [0.29, 0.717) is 0 Å². The van der Waals surface area contributed by atoms with Gasteiger partial charge in [-0.3, -0.25) is 0 Å². The maximum absolute atomic E-state index is 3.83. The summed E-state index contributed by atoms with van der Waals surface area (Å²) in [6.45, 7) is 10.7. The van der Waals surface area contributed by atoms with Gasteiger partial charge in [-0.15, -0.1) is 0 Å². The zero-order chi connectivity index (χ0) is 15.3. The third-order valence-corrected chi connectivity index (χ3v) is 4.46. The molecule has 0 bridgehead atoms. The molecular formula is C20H25N. The molecule has 21 heavy (non-hydrogen) atoms. The monoisotopic (exact) mass is 279 g/mol. The van der Waals surface area contributed by atoms with Crippen LogP contribution in [0.2, 0.25) is 0 Å². The lowest BCUT2D eigenvalue weighted by molar-refractivity contribution is 0.428. The molecule has 0 aliphatic heterocycles. The molecule has 0 aliphatic carbocycles. The van der Waals surface area contributed by atoms with Crippen molar-refractivity contribution in [1.82, 2.24) is 0 Å². The first-order chi connectivity index (χ1) is 10.1. The number of hydrogen-bond donors (Lipinski definition) is 0. The second-order valence-corrected chi connectivity index (χ2v) is 5.67. The van der Waals surface area contributed by atoms with Gasteiger partial charge >= 0.3 is 0 Å². The molecular weight excluding hydrogens is 254 g/mol. The van der Waals surface area contributed by atoms with Crippen molar-refractivity contribution in [2.24, 2.45) is 0 Å². The second kappa shape index (κ2) is 6.62. The van der Waals surface area contributed by atoms with Gasteiger partial charge in [0.1, 0.15) is 0 Å². The molecule has 0 spiro atoms. The molecule has 0 amide bonds. The van der Waals surface area contributed by atoms with Crippen molar-refractivity contribution in [2.75, 3.05) is 4.90 Å². The highest BCUT2D eigenvalue weighted by Crippen LogP contribution is 2.37. The Bertz CT molecular complexity index is 565. The summed E-state index contributed by atoms with van der Waals surface area (Å²) in [5.74, 6) is 0. The van der Waals surface area contributed by atoms with Crippen LogP contribution >= 0.6 is 0 Å². The fourth-order valence-electron chi connectivity index (χ4n) is 2.68. The quantitative estimate of drug-likeness (QED) is 0.622. The number of anilines is 2. The highest BCUT2D eigenvalue weighted by molar-refractivity contribution is 5.67. The zero-order valence-corrected chi connectivity index (χ0v) is 13.3. The maximum atomic E-state index is 3.83. The van der Waals surface area contributed by atoms with E-state index in [9.17, 15) is 0 Å². The molecule has 0 saturated carbocycles. The molecule has 2 aromatic rings. The van der Waals surface area contributed by atoms with E-state index in [0.717, 1.165) is 18.4 Å². The molecule has 0 N–H and O–H groups in total. The summed E-state index contributed by atoms with van der Waals surface area (Å²) in [5, 5.41) is 0. The topological polar surface area (TPSA) is 3.24 Å². The van der Waals surface area contributed by atoms with Gasteiger partial charge < -0.3 is 4.90 Å². The summed E-state index contributed by atoms with van der Waals surface area (Å²) >= 11 is 0. The number of rotatable bonds is 6. The predicted octanol–water partition coefficient (Wildman–Crippen LogP) is 6.05. The number of nitrogens with zero attached hydrogens (tertiary/aromatic N) is 1. The molecule has 0 unspecified atom stereocenters. The molecule has 1 nitrogen and oxygen atoms in total. The third kappa shape index (κ3) is 3.18. The van der Waals surface area contributed by atoms with Crippen molar-refractivity contribution in [3.63, 3.8) is 0 Å². The van der Waals surface area contributed by atoms with Gasteiger partial charge in [0.05, 0.1) is 0 Å². The zero-order valence-electron chi connectivity index (χ0n) is 13.3. The van der Waals surface area contributed by atoms with Crippen molar-refractivity contribution in [2.45, 2.75) is 39.2 Å². The second-order valence-electron chi connectivity index (χ2n) is 5.67. The van der Waals surface area contributed by atoms with Gasteiger partial charge in [0.2, 0.25) is 0 Å². The Hall–Kier alpha value is -2.02. The minimum Gasteiger partial charge on any atom is -0.336 e. The minimum absolute atomic E-state index is 0.108. The number of benzene rings is 2. The smallest absolute Gasteiger partial charge is 0.0418 e. The lowest BCUT2D eigenvalue weighted by atomic mass is 9.91. The molecule has 1 heteroatoms. The Kier molecular flexibility index (Phi) is 4.85. The van der Waals surface area contributed by atoms with E-state index >= 15 is 0 Å². The molecule has 2 aromatic carbocycles. The third-order valence-electron chi connectivity index (χ3n) is 4.46. The van der Waals surface area contributed by atoms with Crippen LogP contribution in [0.25, 0.3) is 6.08 Å². The molecule has 2 rings (SSSR count). The van der Waals surface area contributed by atoms with Gasteiger partial charge in [-0.05, 0) is 49.6 Å². The van der Waals surface area contributed by atoms with Crippen LogP contribution in [-0.4, -0.2) is 5.54 Å². The van der Waals surface area contributed by atoms with E-state index < -0.39 is 0 Å². The Morgan fingerprint density at radius 1 is 0.905 bits per heavy atom. The van der Waals surface area contributed by atoms with Crippen molar-refractivity contribution >= 4 is 17.5 Å². The molecule has 0 aromatic heterocycles. The average molecular weight is 279 g/mol. The standard InChI is InChI=1S/C20H25N/c1-5-17-13-15-19(16-14-17)21(20(4,6-2)7-3)18-11-9-8-10-12-18/h5,8-16H,1,6-7H2,2-4H3. The van der Waals surface area contributed by atoms with Gasteiger partial charge in [-0.25, -0.2) is 0 Å². The Labute approximate surface area is 128 Å². The highest BCUT2D eigenvalue weighted by Gasteiger charge is 2.29. The summed E-state index contributed by atoms with van der Waals surface area (Å²) in [6.07, 6.45) is 4.08. The van der Waals surface area contributed by atoms with Gasteiger partial charge in [-0.1, -0.05) is 56.8 Å². The maximum Gasteiger partial charge on any atom is 0.0418 e. The van der Waals surface area contributed by atoms with Crippen LogP contribution in [0.5, 0.6) is 0 Å². The molecule has 0 heterocycles. The normalized spacial score (nSPS) is 11.2. The first kappa shape index (κ1) is 15.4. The molecule has 0 radical (unpaired) electrons. The number of hydrogen-bond acceptors (Lipinski definition) is 1. The first-order valence-corrected chi connectivity index (χ1v) is 7.72. The van der Waals surface area contributed by atoms with Crippen LogP contribution in [-0.2, 0) is 0 Å². The molecule has 0 fully saturated rings. The van der Waals surface area contributed by atoms with E-state index in [1.54, 1.807) is 0 Å². The van der Waals surface area contributed by atoms with Crippen LogP contribution < -0.4 is 4.90 Å². The van der Waals surface area contributed by atoms with E-state index in [4.69, 9.17) is 0 Å². The SMILES string of the molecule is C=Cc1ccc(N(c2ccccc2)C(C)(CC)CC)cc1. The van der Waals surface area contributed by atoms with Gasteiger partial charge in [0.15, 0.2) is 0 Å². The predicted molar refractivity (Wildman–Crippen MR) is 94.1 cm³/mol. The van der Waals surface area contributed by atoms with Crippen molar-refractivity contribution in [1.29, 1.82) is 0 Å². The largest absolute Gasteiger partial charge is 0.336 e. The van der Waals surface area contributed by atoms with Crippen LogP contribution in [0.1, 0.15) is 39.2 Å². The molecule has 0 aliphatic rings. The summed E-state index contributed by atoms with van der Waals surface area (Å²) in [5.41, 5.74) is 3.74. The summed E-state index contributed by atoms with van der Waals surface area (Å²) in [7, 11) is 0. The van der Waals surface area contributed by atoms with Crippen LogP contribution in [0, 0.1) is 0 Å². The number of para-hydroxylation sites is 1. The fourth-order valence-corrected chi connectivity index (χ4v) is 2.68. The fraction of sp³-hybridized carbons (Fsp3) is 0.300. The Balaban J connectivity index is 2.52.